The molecule has 0 atom stereocenters. The Morgan fingerprint density at radius 2 is 1.73 bits per heavy atom. The van der Waals surface area contributed by atoms with Crippen molar-refractivity contribution < 1.29 is 27.6 Å². The molecule has 2 aromatic rings. The summed E-state index contributed by atoms with van der Waals surface area (Å²) in [5.41, 5.74) is 0.704. The average Bonchev–Trinajstić information content (AvgIpc) is 2.95. The number of carbonyl (C=O) groups excluding carboxylic acids is 1. The van der Waals surface area contributed by atoms with E-state index >= 15 is 0 Å². The van der Waals surface area contributed by atoms with Gasteiger partial charge in [0.15, 0.2) is 0 Å². The van der Waals surface area contributed by atoms with Gasteiger partial charge in [-0.25, -0.2) is 0 Å². The van der Waals surface area contributed by atoms with Gasteiger partial charge in [-0.2, -0.15) is 13.2 Å². The van der Waals surface area contributed by atoms with E-state index in [4.69, 9.17) is 4.74 Å². The van der Waals surface area contributed by atoms with Gasteiger partial charge in [-0.1, -0.05) is 37.6 Å². The van der Waals surface area contributed by atoms with E-state index in [1.165, 1.54) is 30.0 Å². The molecule has 2 aromatic carbocycles. The molecule has 1 aliphatic carbocycles. The molecule has 7 nitrogen and oxygen atoms in total. The van der Waals surface area contributed by atoms with Crippen molar-refractivity contribution in [3.8, 4) is 0 Å². The summed E-state index contributed by atoms with van der Waals surface area (Å²) in [4.78, 5) is 24.6. The Morgan fingerprint density at radius 3 is 2.33 bits per heavy atom. The molecule has 218 valence electrons. The summed E-state index contributed by atoms with van der Waals surface area (Å²) in [6.07, 6.45) is 3.20. The number of ether oxygens (including phenoxy) is 1. The zero-order chi connectivity index (χ0) is 28.7. The monoisotopic (exact) mass is 561 g/mol. The van der Waals surface area contributed by atoms with Crippen LogP contribution in [0.3, 0.4) is 0 Å². The van der Waals surface area contributed by atoms with Gasteiger partial charge in [-0.05, 0) is 80.5 Å². The molecule has 2 aliphatic rings. The van der Waals surface area contributed by atoms with Gasteiger partial charge in [-0.3, -0.25) is 14.9 Å². The van der Waals surface area contributed by atoms with Crippen molar-refractivity contribution >= 4 is 17.3 Å². The van der Waals surface area contributed by atoms with E-state index in [1.54, 1.807) is 0 Å². The van der Waals surface area contributed by atoms with E-state index in [0.717, 1.165) is 44.5 Å². The predicted molar refractivity (Wildman–Crippen MR) is 147 cm³/mol. The number of piperidine rings is 1. The van der Waals surface area contributed by atoms with E-state index in [1.807, 2.05) is 4.90 Å². The van der Waals surface area contributed by atoms with Gasteiger partial charge in [0.25, 0.3) is 5.69 Å². The summed E-state index contributed by atoms with van der Waals surface area (Å²) in [5.74, 6) is 0.468. The fourth-order valence-electron chi connectivity index (χ4n) is 5.70. The fraction of sp³-hybridized carbons (Fsp3) is 0.567. The van der Waals surface area contributed by atoms with E-state index in [9.17, 15) is 28.1 Å². The van der Waals surface area contributed by atoms with Crippen molar-refractivity contribution in [3.63, 3.8) is 0 Å². The Labute approximate surface area is 233 Å². The van der Waals surface area contributed by atoms with E-state index in [0.29, 0.717) is 31.6 Å². The van der Waals surface area contributed by atoms with Crippen LogP contribution < -0.4 is 5.32 Å². The van der Waals surface area contributed by atoms with E-state index in [-0.39, 0.29) is 30.3 Å². The fourth-order valence-corrected chi connectivity index (χ4v) is 5.70. The minimum Gasteiger partial charge on any atom is -0.382 e. The number of halogens is 3. The van der Waals surface area contributed by atoms with Gasteiger partial charge in [0, 0.05) is 30.9 Å². The molecule has 1 saturated carbocycles. The Balaban J connectivity index is 1.18. The minimum absolute atomic E-state index is 0.000767. The molecule has 0 spiro atoms. The first-order chi connectivity index (χ1) is 19.1. The van der Waals surface area contributed by atoms with Crippen LogP contribution in [0.5, 0.6) is 0 Å². The molecule has 4 rings (SSSR count). The molecule has 2 fully saturated rings. The number of hydrogen-bond donors (Lipinski definition) is 1. The first-order valence-electron chi connectivity index (χ1n) is 14.2. The normalized spacial score (nSPS) is 20.4. The van der Waals surface area contributed by atoms with Crippen molar-refractivity contribution in [3.05, 3.63) is 69.3 Å². The molecule has 1 N–H and O–H groups in total. The lowest BCUT2D eigenvalue weighted by molar-refractivity contribution is -0.388. The third-order valence-corrected chi connectivity index (χ3v) is 8.10. The number of anilines is 1. The highest BCUT2D eigenvalue weighted by molar-refractivity contribution is 5.77. The number of likely N-dealkylation sites (tertiary alicyclic amines) is 1. The maximum atomic E-state index is 13.3. The number of amides is 1. The van der Waals surface area contributed by atoms with Crippen LogP contribution in [0.2, 0.25) is 0 Å². The van der Waals surface area contributed by atoms with Crippen LogP contribution in [0, 0.1) is 10.1 Å². The summed E-state index contributed by atoms with van der Waals surface area (Å²) in [7, 11) is 0. The van der Waals surface area contributed by atoms with Gasteiger partial charge < -0.3 is 15.0 Å². The average molecular weight is 562 g/mol. The van der Waals surface area contributed by atoms with Crippen LogP contribution in [0.4, 0.5) is 24.5 Å². The number of alkyl halides is 3. The van der Waals surface area contributed by atoms with Crippen LogP contribution in [0.15, 0.2) is 42.5 Å². The molecular weight excluding hydrogens is 523 g/mol. The zero-order valence-corrected chi connectivity index (χ0v) is 22.9. The third-order valence-electron chi connectivity index (χ3n) is 8.10. The molecule has 0 unspecified atom stereocenters. The number of aryl methyl sites for hydroxylation is 1. The smallest absolute Gasteiger partial charge is 0.382 e. The number of benzene rings is 2. The van der Waals surface area contributed by atoms with Gasteiger partial charge >= 0.3 is 6.18 Å². The maximum absolute atomic E-state index is 13.3. The van der Waals surface area contributed by atoms with Gasteiger partial charge in [0.1, 0.15) is 12.2 Å². The Morgan fingerprint density at radius 1 is 1.05 bits per heavy atom. The highest BCUT2D eigenvalue weighted by Gasteiger charge is 2.38. The summed E-state index contributed by atoms with van der Waals surface area (Å²) in [6.45, 7) is 3.67. The topological polar surface area (TPSA) is 84.7 Å². The van der Waals surface area contributed by atoms with Crippen molar-refractivity contribution in [2.75, 3.05) is 25.0 Å². The minimum atomic E-state index is -4.81. The molecular formula is C30H38F3N3O4. The summed E-state index contributed by atoms with van der Waals surface area (Å²) in [6, 6.07) is 11.8. The quantitative estimate of drug-likeness (QED) is 0.247. The molecule has 0 aromatic heterocycles. The number of nitrogens with one attached hydrogen (secondary N) is 1. The number of nitro benzene ring substituents is 1. The van der Waals surface area contributed by atoms with Crippen molar-refractivity contribution in [2.45, 2.75) is 89.0 Å². The van der Waals surface area contributed by atoms with E-state index < -0.39 is 22.4 Å². The van der Waals surface area contributed by atoms with Crippen molar-refractivity contribution in [1.82, 2.24) is 4.90 Å². The number of hydrogen-bond acceptors (Lipinski definition) is 5. The molecule has 40 heavy (non-hydrogen) atoms. The maximum Gasteiger partial charge on any atom is 0.423 e. The highest BCUT2D eigenvalue weighted by atomic mass is 19.4. The largest absolute Gasteiger partial charge is 0.423 e. The highest BCUT2D eigenvalue weighted by Crippen LogP contribution is 2.38. The second-order valence-electron chi connectivity index (χ2n) is 10.9. The molecule has 0 bridgehead atoms. The molecule has 10 heteroatoms. The second kappa shape index (κ2) is 13.5. The number of nitro groups is 1. The van der Waals surface area contributed by atoms with Crippen LogP contribution in [0.25, 0.3) is 0 Å². The number of carbonyl (C=O) groups is 1. The van der Waals surface area contributed by atoms with Crippen molar-refractivity contribution in [1.29, 1.82) is 0 Å². The lowest BCUT2D eigenvalue weighted by Gasteiger charge is -2.33. The van der Waals surface area contributed by atoms with E-state index in [2.05, 4.69) is 36.5 Å². The SMILES string of the molecule is CCCCc1ccc(C2CCN(C(=O)CO[C@H]3CC[C@H](Nc4ccc([N+](=O)[O-])c(C(F)(F)F)c4)CC3)CC2)cc1. The lowest BCUT2D eigenvalue weighted by atomic mass is 9.88. The Hall–Kier alpha value is -3.14. The standard InChI is InChI=1S/C30H38F3N3O4/c1-2-3-4-21-5-7-22(8-6-21)23-15-17-35(18-16-23)29(37)20-40-26-12-9-24(10-13-26)34-25-11-14-28(36(38)39)27(19-25)30(31,32)33/h5-8,11,14,19,23-24,26,34H,2-4,9-10,12-13,15-18,20H2,1H3/t24-,26-. The zero-order valence-electron chi connectivity index (χ0n) is 22.9. The molecule has 1 aliphatic heterocycles. The summed E-state index contributed by atoms with van der Waals surface area (Å²) in [5, 5.41) is 14.0. The van der Waals surface area contributed by atoms with Crippen molar-refractivity contribution in [2.24, 2.45) is 0 Å². The second-order valence-corrected chi connectivity index (χ2v) is 10.9. The third kappa shape index (κ3) is 7.96. The molecule has 1 saturated heterocycles. The number of unbranched alkanes of at least 4 members (excludes halogenated alkanes) is 1. The Bertz CT molecular complexity index is 1140. The van der Waals surface area contributed by atoms with Gasteiger partial charge in [0.05, 0.1) is 11.0 Å². The molecule has 1 heterocycles. The Kier molecular flexibility index (Phi) is 10.1. The van der Waals surface area contributed by atoms with Crippen LogP contribution in [-0.2, 0) is 22.1 Å². The van der Waals surface area contributed by atoms with Crippen LogP contribution >= 0.6 is 0 Å². The predicted octanol–water partition coefficient (Wildman–Crippen LogP) is 7.10. The summed E-state index contributed by atoms with van der Waals surface area (Å²) >= 11 is 0. The first kappa shape index (κ1) is 29.8. The number of rotatable bonds is 10. The van der Waals surface area contributed by atoms with Crippen LogP contribution in [0.1, 0.15) is 80.9 Å². The van der Waals surface area contributed by atoms with Gasteiger partial charge in [-0.15, -0.1) is 0 Å². The molecule has 1 amide bonds. The van der Waals surface area contributed by atoms with Gasteiger partial charge in [0.2, 0.25) is 5.91 Å². The summed E-state index contributed by atoms with van der Waals surface area (Å²) < 4.78 is 45.7. The first-order valence-corrected chi connectivity index (χ1v) is 14.2. The molecule has 0 radical (unpaired) electrons. The number of nitrogens with zero attached hydrogens (tertiary/aromatic N) is 2. The van der Waals surface area contributed by atoms with Crippen LogP contribution in [-0.4, -0.2) is 47.6 Å². The lowest BCUT2D eigenvalue weighted by Crippen LogP contribution is -2.41.